The molecule has 0 saturated heterocycles. The molecule has 0 bridgehead atoms. The minimum absolute atomic E-state index is 0.137. The summed E-state index contributed by atoms with van der Waals surface area (Å²) in [6, 6.07) is 5.35. The zero-order chi connectivity index (χ0) is 19.9. The van der Waals surface area contributed by atoms with Crippen LogP contribution in [0.1, 0.15) is 56.8 Å². The third-order valence-corrected chi connectivity index (χ3v) is 4.07. The summed E-state index contributed by atoms with van der Waals surface area (Å²) < 4.78 is 23.4. The fourth-order valence-electron chi connectivity index (χ4n) is 2.62. The lowest BCUT2D eigenvalue weighted by atomic mass is 10.2. The van der Waals surface area contributed by atoms with Crippen LogP contribution in [-0.2, 0) is 17.6 Å². The van der Waals surface area contributed by atoms with E-state index in [0.717, 1.165) is 12.8 Å². The first-order chi connectivity index (χ1) is 13.5. The number of aromatic nitrogens is 4. The molecular weight excluding hydrogens is 365 g/mol. The van der Waals surface area contributed by atoms with E-state index >= 15 is 0 Å². The van der Waals surface area contributed by atoms with Gasteiger partial charge in [0.2, 0.25) is 23.5 Å². The van der Waals surface area contributed by atoms with Crippen LogP contribution in [0.25, 0.3) is 11.4 Å². The van der Waals surface area contributed by atoms with Gasteiger partial charge in [0.25, 0.3) is 0 Å². The normalized spacial score (nSPS) is 12.1. The highest BCUT2D eigenvalue weighted by molar-refractivity contribution is 5.76. The molecule has 2 heterocycles. The summed E-state index contributed by atoms with van der Waals surface area (Å²) in [5.41, 5.74) is 0.636. The minimum atomic E-state index is -0.436. The molecule has 1 aromatic carbocycles. The fraction of sp³-hybridized carbons (Fsp3) is 0.421. The Morgan fingerprint density at radius 2 is 1.93 bits per heavy atom. The van der Waals surface area contributed by atoms with Crippen LogP contribution < -0.4 is 5.32 Å². The molecule has 0 aliphatic heterocycles. The van der Waals surface area contributed by atoms with Crippen LogP contribution in [-0.4, -0.2) is 26.2 Å². The van der Waals surface area contributed by atoms with Crippen molar-refractivity contribution in [2.24, 2.45) is 0 Å². The van der Waals surface area contributed by atoms with E-state index in [1.807, 2.05) is 6.92 Å². The van der Waals surface area contributed by atoms with Gasteiger partial charge in [-0.2, -0.15) is 9.97 Å². The van der Waals surface area contributed by atoms with Crippen molar-refractivity contribution in [1.29, 1.82) is 0 Å². The van der Waals surface area contributed by atoms with E-state index < -0.39 is 6.04 Å². The summed E-state index contributed by atoms with van der Waals surface area (Å²) >= 11 is 0. The van der Waals surface area contributed by atoms with Crippen LogP contribution in [0.4, 0.5) is 4.39 Å². The van der Waals surface area contributed by atoms with Crippen LogP contribution in [0.5, 0.6) is 0 Å². The molecule has 28 heavy (non-hydrogen) atoms. The Labute approximate surface area is 161 Å². The van der Waals surface area contributed by atoms with Crippen molar-refractivity contribution in [2.45, 2.75) is 52.0 Å². The molecule has 9 heteroatoms. The molecule has 0 fully saturated rings. The van der Waals surface area contributed by atoms with Gasteiger partial charge < -0.3 is 14.4 Å². The van der Waals surface area contributed by atoms with Gasteiger partial charge in [-0.05, 0) is 44.0 Å². The Balaban J connectivity index is 1.46. The molecule has 3 rings (SSSR count). The van der Waals surface area contributed by atoms with Crippen molar-refractivity contribution < 1.29 is 18.2 Å². The Morgan fingerprint density at radius 3 is 2.68 bits per heavy atom. The molecule has 0 aliphatic rings. The van der Waals surface area contributed by atoms with Crippen LogP contribution in [0.2, 0.25) is 0 Å². The lowest BCUT2D eigenvalue weighted by molar-refractivity contribution is -0.122. The molecule has 0 spiro atoms. The number of aryl methyl sites for hydroxylation is 2. The Morgan fingerprint density at radius 1 is 1.14 bits per heavy atom. The van der Waals surface area contributed by atoms with Gasteiger partial charge >= 0.3 is 0 Å². The Kier molecular flexibility index (Phi) is 6.46. The first-order valence-electron chi connectivity index (χ1n) is 9.25. The summed E-state index contributed by atoms with van der Waals surface area (Å²) in [6.07, 6.45) is 3.20. The van der Waals surface area contributed by atoms with Gasteiger partial charge in [0.15, 0.2) is 5.82 Å². The summed E-state index contributed by atoms with van der Waals surface area (Å²) in [7, 11) is 0. The monoisotopic (exact) mass is 387 g/mol. The Bertz CT molecular complexity index is 906. The van der Waals surface area contributed by atoms with Crippen molar-refractivity contribution in [3.63, 3.8) is 0 Å². The number of amides is 1. The number of halogens is 1. The summed E-state index contributed by atoms with van der Waals surface area (Å²) in [5, 5.41) is 10.6. The number of nitrogens with zero attached hydrogens (tertiary/aromatic N) is 4. The fourth-order valence-corrected chi connectivity index (χ4v) is 2.62. The smallest absolute Gasteiger partial charge is 0.249 e. The number of hydrogen-bond donors (Lipinski definition) is 1. The highest BCUT2D eigenvalue weighted by atomic mass is 19.1. The van der Waals surface area contributed by atoms with Crippen LogP contribution in [0.15, 0.2) is 33.3 Å². The zero-order valence-corrected chi connectivity index (χ0v) is 15.8. The van der Waals surface area contributed by atoms with E-state index in [0.29, 0.717) is 42.4 Å². The van der Waals surface area contributed by atoms with E-state index in [2.05, 4.69) is 25.6 Å². The van der Waals surface area contributed by atoms with Crippen molar-refractivity contribution in [1.82, 2.24) is 25.6 Å². The van der Waals surface area contributed by atoms with Gasteiger partial charge in [-0.1, -0.05) is 17.2 Å². The minimum Gasteiger partial charge on any atom is -0.345 e. The van der Waals surface area contributed by atoms with E-state index in [1.54, 1.807) is 19.1 Å². The molecule has 8 nitrogen and oxygen atoms in total. The third-order valence-electron chi connectivity index (χ3n) is 4.07. The molecule has 1 amide bonds. The van der Waals surface area contributed by atoms with Gasteiger partial charge in [-0.3, -0.25) is 4.79 Å². The van der Waals surface area contributed by atoms with Crippen LogP contribution in [0.3, 0.4) is 0 Å². The van der Waals surface area contributed by atoms with Crippen LogP contribution in [0, 0.1) is 5.82 Å². The number of benzene rings is 1. The first-order valence-corrected chi connectivity index (χ1v) is 9.25. The molecule has 1 N–H and O–H groups in total. The molecule has 0 aliphatic carbocycles. The molecule has 3 aromatic rings. The SMILES string of the molecule is CCCc1noc(CCCC(=O)NC(C)c2nc(-c3ccc(F)cc3)no2)n1. The maximum Gasteiger partial charge on any atom is 0.249 e. The molecule has 1 atom stereocenters. The van der Waals surface area contributed by atoms with E-state index in [-0.39, 0.29) is 17.6 Å². The Hall–Kier alpha value is -3.10. The molecule has 0 radical (unpaired) electrons. The molecule has 2 aromatic heterocycles. The first kappa shape index (κ1) is 19.7. The number of carbonyl (C=O) groups excluding carboxylic acids is 1. The maximum absolute atomic E-state index is 13.0. The number of hydrogen-bond acceptors (Lipinski definition) is 7. The quantitative estimate of drug-likeness (QED) is 0.599. The predicted molar refractivity (Wildman–Crippen MR) is 97.5 cm³/mol. The molecule has 0 saturated carbocycles. The average Bonchev–Trinajstić information content (AvgIpc) is 3.33. The predicted octanol–water partition coefficient (Wildman–Crippen LogP) is 3.41. The van der Waals surface area contributed by atoms with Crippen molar-refractivity contribution in [3.8, 4) is 11.4 Å². The lowest BCUT2D eigenvalue weighted by Gasteiger charge is -2.09. The van der Waals surface area contributed by atoms with Gasteiger partial charge in [-0.15, -0.1) is 0 Å². The van der Waals surface area contributed by atoms with E-state index in [4.69, 9.17) is 9.05 Å². The second-order valence-corrected chi connectivity index (χ2v) is 6.46. The van der Waals surface area contributed by atoms with E-state index in [9.17, 15) is 9.18 Å². The zero-order valence-electron chi connectivity index (χ0n) is 15.8. The van der Waals surface area contributed by atoms with Gasteiger partial charge in [0.1, 0.15) is 11.9 Å². The third kappa shape index (κ3) is 5.21. The number of nitrogens with one attached hydrogen (secondary N) is 1. The van der Waals surface area contributed by atoms with E-state index in [1.165, 1.54) is 12.1 Å². The van der Waals surface area contributed by atoms with Crippen molar-refractivity contribution in [2.75, 3.05) is 0 Å². The van der Waals surface area contributed by atoms with Gasteiger partial charge in [0.05, 0.1) is 0 Å². The van der Waals surface area contributed by atoms with Gasteiger partial charge in [0, 0.05) is 24.8 Å². The second kappa shape index (κ2) is 9.20. The number of carbonyl (C=O) groups is 1. The van der Waals surface area contributed by atoms with Crippen LogP contribution >= 0.6 is 0 Å². The van der Waals surface area contributed by atoms with Crippen molar-refractivity contribution in [3.05, 3.63) is 47.7 Å². The number of rotatable bonds is 9. The average molecular weight is 387 g/mol. The lowest BCUT2D eigenvalue weighted by Crippen LogP contribution is -2.26. The second-order valence-electron chi connectivity index (χ2n) is 6.46. The highest BCUT2D eigenvalue weighted by Crippen LogP contribution is 2.19. The summed E-state index contributed by atoms with van der Waals surface area (Å²) in [6.45, 7) is 3.81. The summed E-state index contributed by atoms with van der Waals surface area (Å²) in [5.74, 6) is 1.40. The largest absolute Gasteiger partial charge is 0.345 e. The van der Waals surface area contributed by atoms with Crippen molar-refractivity contribution >= 4 is 5.91 Å². The van der Waals surface area contributed by atoms with Gasteiger partial charge in [-0.25, -0.2) is 4.39 Å². The maximum atomic E-state index is 13.0. The molecular formula is C19H22FN5O3. The molecule has 148 valence electrons. The molecule has 1 unspecified atom stereocenters. The standard InChI is InChI=1S/C19H22FN5O3/c1-3-5-15-22-17(27-24-15)7-4-6-16(26)21-12(2)19-23-18(25-28-19)13-8-10-14(20)11-9-13/h8-12H,3-7H2,1-2H3,(H,21,26). The summed E-state index contributed by atoms with van der Waals surface area (Å²) in [4.78, 5) is 20.7. The highest BCUT2D eigenvalue weighted by Gasteiger charge is 2.17. The topological polar surface area (TPSA) is 107 Å².